The minimum absolute atomic E-state index is 0.122. The van der Waals surface area contributed by atoms with E-state index in [1.807, 2.05) is 44.2 Å². The molecule has 0 aliphatic heterocycles. The average molecular weight is 497 g/mol. The molecular weight excluding hydrogens is 464 g/mol. The number of anilines is 1. The van der Waals surface area contributed by atoms with Gasteiger partial charge >= 0.3 is 0 Å². The lowest BCUT2D eigenvalue weighted by atomic mass is 10.0. The monoisotopic (exact) mass is 496 g/mol. The number of nitrogens with zero attached hydrogens (tertiary/aromatic N) is 2. The van der Waals surface area contributed by atoms with E-state index in [0.717, 1.165) is 5.39 Å². The summed E-state index contributed by atoms with van der Waals surface area (Å²) in [7, 11) is -3.76. The number of hydrogen-bond acceptors (Lipinski definition) is 5. The van der Waals surface area contributed by atoms with E-state index in [4.69, 9.17) is 0 Å². The van der Waals surface area contributed by atoms with Gasteiger partial charge in [-0.2, -0.15) is 0 Å². The number of fused-ring (bicyclic) bond motifs is 1. The maximum absolute atomic E-state index is 13.1. The number of carbonyl (C=O) groups excluding carboxylic acids is 2. The van der Waals surface area contributed by atoms with E-state index in [2.05, 4.69) is 15.0 Å². The Morgan fingerprint density at radius 2 is 1.69 bits per heavy atom. The third-order valence-corrected chi connectivity index (χ3v) is 7.01. The summed E-state index contributed by atoms with van der Waals surface area (Å²) in [4.78, 5) is 31.4. The van der Waals surface area contributed by atoms with Gasteiger partial charge in [0.05, 0.1) is 5.52 Å². The predicted molar refractivity (Wildman–Crippen MR) is 137 cm³/mol. The molecule has 1 atom stereocenters. The van der Waals surface area contributed by atoms with Crippen molar-refractivity contribution in [2.45, 2.75) is 44.6 Å². The van der Waals surface area contributed by atoms with Gasteiger partial charge in [0.2, 0.25) is 21.8 Å². The first-order valence-electron chi connectivity index (χ1n) is 11.7. The smallest absolute Gasteiger partial charge is 0.243 e. The van der Waals surface area contributed by atoms with Gasteiger partial charge in [-0.15, -0.1) is 0 Å². The summed E-state index contributed by atoms with van der Waals surface area (Å²) in [5.74, 6) is -0.287. The zero-order chi connectivity index (χ0) is 25.4. The maximum Gasteiger partial charge on any atom is 0.243 e. The van der Waals surface area contributed by atoms with Gasteiger partial charge < -0.3 is 10.2 Å². The number of amides is 2. The van der Waals surface area contributed by atoms with Crippen LogP contribution in [0.5, 0.6) is 0 Å². The van der Waals surface area contributed by atoms with Gasteiger partial charge in [-0.3, -0.25) is 14.6 Å². The fourth-order valence-corrected chi connectivity index (χ4v) is 5.19. The fourth-order valence-electron chi connectivity index (χ4n) is 3.94. The van der Waals surface area contributed by atoms with Crippen LogP contribution < -0.4 is 14.9 Å². The van der Waals surface area contributed by atoms with Crippen LogP contribution in [0.1, 0.15) is 33.6 Å². The average Bonchev–Trinajstić information content (AvgIpc) is 2.83. The molecule has 0 saturated carbocycles. The highest BCUT2D eigenvalue weighted by molar-refractivity contribution is 7.89. The summed E-state index contributed by atoms with van der Waals surface area (Å²) in [6.07, 6.45) is 2.45. The van der Waals surface area contributed by atoms with Crippen LogP contribution >= 0.6 is 0 Å². The van der Waals surface area contributed by atoms with Crippen LogP contribution in [-0.2, 0) is 19.6 Å². The van der Waals surface area contributed by atoms with Gasteiger partial charge in [0.25, 0.3) is 0 Å². The Bertz CT molecular complexity index is 1260. The molecule has 0 spiro atoms. The van der Waals surface area contributed by atoms with Crippen LogP contribution in [0, 0.1) is 5.92 Å². The van der Waals surface area contributed by atoms with Crippen LogP contribution in [0.4, 0.5) is 5.69 Å². The number of pyridine rings is 1. The van der Waals surface area contributed by atoms with Crippen molar-refractivity contribution >= 4 is 38.4 Å². The van der Waals surface area contributed by atoms with Crippen molar-refractivity contribution in [3.8, 4) is 0 Å². The molecule has 0 aliphatic carbocycles. The zero-order valence-electron chi connectivity index (χ0n) is 20.3. The maximum atomic E-state index is 13.1. The van der Waals surface area contributed by atoms with Gasteiger partial charge in [0, 0.05) is 37.3 Å². The molecular formula is C26H32N4O4S. The molecule has 2 aromatic carbocycles. The second kappa shape index (κ2) is 11.9. The molecule has 3 rings (SSSR count). The largest absolute Gasteiger partial charge is 0.354 e. The van der Waals surface area contributed by atoms with Crippen LogP contribution in [0.2, 0.25) is 0 Å². The number of sulfonamides is 1. The summed E-state index contributed by atoms with van der Waals surface area (Å²) in [6, 6.07) is 17.0. The number of para-hydroxylation sites is 2. The molecule has 0 radical (unpaired) electrons. The molecule has 3 aromatic rings. The van der Waals surface area contributed by atoms with E-state index in [-0.39, 0.29) is 35.7 Å². The molecule has 0 unspecified atom stereocenters. The number of benzene rings is 2. The molecule has 0 saturated heterocycles. The lowest BCUT2D eigenvalue weighted by Crippen LogP contribution is -2.50. The summed E-state index contributed by atoms with van der Waals surface area (Å²) < 4.78 is 28.2. The number of rotatable bonds is 11. The highest BCUT2D eigenvalue weighted by Gasteiger charge is 2.29. The lowest BCUT2D eigenvalue weighted by Gasteiger charge is -2.31. The van der Waals surface area contributed by atoms with E-state index in [0.29, 0.717) is 24.0 Å². The van der Waals surface area contributed by atoms with Crippen molar-refractivity contribution in [3.63, 3.8) is 0 Å². The van der Waals surface area contributed by atoms with Gasteiger partial charge in [0.1, 0.15) is 10.9 Å². The van der Waals surface area contributed by atoms with Crippen molar-refractivity contribution in [1.29, 1.82) is 0 Å². The van der Waals surface area contributed by atoms with Crippen molar-refractivity contribution < 1.29 is 18.0 Å². The quantitative estimate of drug-likeness (QED) is 0.395. The molecule has 1 heterocycles. The molecule has 2 amide bonds. The molecule has 2 N–H and O–H groups in total. The molecule has 35 heavy (non-hydrogen) atoms. The Morgan fingerprint density at radius 1 is 0.971 bits per heavy atom. The Hall–Kier alpha value is -3.30. The normalized spacial score (nSPS) is 12.5. The van der Waals surface area contributed by atoms with Gasteiger partial charge in [0.15, 0.2) is 0 Å². The minimum Gasteiger partial charge on any atom is -0.354 e. The van der Waals surface area contributed by atoms with E-state index in [1.165, 1.54) is 17.9 Å². The third-order valence-electron chi connectivity index (χ3n) is 5.51. The van der Waals surface area contributed by atoms with Crippen molar-refractivity contribution in [2.24, 2.45) is 5.92 Å². The van der Waals surface area contributed by atoms with Gasteiger partial charge in [-0.05, 0) is 43.0 Å². The molecule has 0 bridgehead atoms. The first-order valence-corrected chi connectivity index (χ1v) is 13.1. The minimum atomic E-state index is -3.76. The van der Waals surface area contributed by atoms with Gasteiger partial charge in [-0.25, -0.2) is 13.1 Å². The Morgan fingerprint density at radius 3 is 2.37 bits per heavy atom. The number of nitrogens with one attached hydrogen (secondary N) is 2. The number of hydrogen-bond donors (Lipinski definition) is 2. The highest BCUT2D eigenvalue weighted by atomic mass is 32.2. The van der Waals surface area contributed by atoms with Crippen LogP contribution in [0.3, 0.4) is 0 Å². The second-order valence-corrected chi connectivity index (χ2v) is 10.5. The highest BCUT2D eigenvalue weighted by Crippen LogP contribution is 2.22. The van der Waals surface area contributed by atoms with Crippen molar-refractivity contribution in [2.75, 3.05) is 18.0 Å². The van der Waals surface area contributed by atoms with E-state index in [1.54, 1.807) is 30.5 Å². The van der Waals surface area contributed by atoms with Crippen LogP contribution in [0.25, 0.3) is 10.9 Å². The first-order chi connectivity index (χ1) is 16.7. The van der Waals surface area contributed by atoms with Crippen molar-refractivity contribution in [3.05, 3.63) is 66.9 Å². The number of aromatic nitrogens is 1. The molecule has 9 heteroatoms. The molecule has 0 fully saturated rings. The predicted octanol–water partition coefficient (Wildman–Crippen LogP) is 3.49. The summed E-state index contributed by atoms with van der Waals surface area (Å²) in [6.45, 7) is 5.87. The summed E-state index contributed by atoms with van der Waals surface area (Å²) in [5, 5.41) is 3.61. The second-order valence-electron chi connectivity index (χ2n) is 8.74. The zero-order valence-corrected chi connectivity index (χ0v) is 21.1. The lowest BCUT2D eigenvalue weighted by molar-refractivity contribution is -0.126. The Labute approximate surface area is 206 Å². The van der Waals surface area contributed by atoms with E-state index in [9.17, 15) is 18.0 Å². The summed E-state index contributed by atoms with van der Waals surface area (Å²) >= 11 is 0. The van der Waals surface area contributed by atoms with Crippen LogP contribution in [0.15, 0.2) is 71.8 Å². The fraction of sp³-hybridized carbons (Fsp3) is 0.346. The van der Waals surface area contributed by atoms with Gasteiger partial charge in [-0.1, -0.05) is 50.2 Å². The Kier molecular flexibility index (Phi) is 8.95. The summed E-state index contributed by atoms with van der Waals surface area (Å²) in [5.41, 5.74) is 1.08. The molecule has 0 aliphatic rings. The van der Waals surface area contributed by atoms with E-state index >= 15 is 0 Å². The van der Waals surface area contributed by atoms with Crippen molar-refractivity contribution in [1.82, 2.24) is 15.0 Å². The third kappa shape index (κ3) is 6.86. The topological polar surface area (TPSA) is 108 Å². The van der Waals surface area contributed by atoms with E-state index < -0.39 is 16.1 Å². The first kappa shape index (κ1) is 26.3. The molecule has 1 aromatic heterocycles. The SMILES string of the molecule is CC(=O)N(c1ccccc1)[C@@H](CC(C)C)C(=O)NCCCNS(=O)(=O)c1cccc2cccnc12. The number of carbonyl (C=O) groups is 2. The Balaban J connectivity index is 1.61. The van der Waals surface area contributed by atoms with Crippen LogP contribution in [-0.4, -0.2) is 44.3 Å². The standard InChI is InChI=1S/C26H32N4O4S/c1-19(2)18-23(30(20(3)31)22-12-5-4-6-13-22)26(32)28-16-9-17-29-35(33,34)24-14-7-10-21-11-8-15-27-25(21)24/h4-8,10-15,19,23,29H,9,16-18H2,1-3H3,(H,28,32)/t23-/m0/s1. The molecule has 8 nitrogen and oxygen atoms in total. The molecule has 186 valence electrons.